The molecule has 0 radical (unpaired) electrons. The van der Waals surface area contributed by atoms with Crippen molar-refractivity contribution in [2.45, 2.75) is 50.6 Å². The van der Waals surface area contributed by atoms with Crippen LogP contribution in [0.2, 0.25) is 0 Å². The summed E-state index contributed by atoms with van der Waals surface area (Å²) in [6.07, 6.45) is 2.78. The van der Waals surface area contributed by atoms with Crippen LogP contribution in [0.15, 0.2) is 41.3 Å². The molecule has 0 aliphatic carbocycles. The van der Waals surface area contributed by atoms with Gasteiger partial charge in [0.05, 0.1) is 27.1 Å². The molecule has 0 spiro atoms. The lowest BCUT2D eigenvalue weighted by Crippen LogP contribution is -2.39. The number of thioether (sulfide) groups is 1. The van der Waals surface area contributed by atoms with Gasteiger partial charge in [0.2, 0.25) is 11.8 Å². The van der Waals surface area contributed by atoms with Crippen LogP contribution < -0.4 is 10.1 Å². The van der Waals surface area contributed by atoms with Gasteiger partial charge in [-0.15, -0.1) is 11.8 Å². The maximum absolute atomic E-state index is 10.9. The first-order valence-corrected chi connectivity index (χ1v) is 13.3. The molecule has 2 aliphatic heterocycles. The first-order valence-electron chi connectivity index (χ1n) is 12.3. The van der Waals surface area contributed by atoms with Crippen LogP contribution in [0, 0.1) is 35.3 Å². The average Bonchev–Trinajstić information content (AvgIpc) is 3.36. The molecule has 9 nitrogen and oxygen atoms in total. The molecule has 1 saturated heterocycles. The van der Waals surface area contributed by atoms with Crippen molar-refractivity contribution in [1.29, 1.82) is 5.26 Å². The van der Waals surface area contributed by atoms with Crippen molar-refractivity contribution >= 4 is 23.4 Å². The molecule has 37 heavy (non-hydrogen) atoms. The van der Waals surface area contributed by atoms with E-state index in [2.05, 4.69) is 16.3 Å². The highest BCUT2D eigenvalue weighted by Gasteiger charge is 2.25. The van der Waals surface area contributed by atoms with E-state index in [4.69, 9.17) is 14.7 Å². The number of hydrogen-bond donors (Lipinski definition) is 1. The molecule has 1 fully saturated rings. The van der Waals surface area contributed by atoms with Gasteiger partial charge < -0.3 is 10.1 Å². The molecule has 0 amide bonds. The number of nitrogens with one attached hydrogen (secondary N) is 1. The van der Waals surface area contributed by atoms with Gasteiger partial charge in [0.15, 0.2) is 0 Å². The summed E-state index contributed by atoms with van der Waals surface area (Å²) in [7, 11) is 0. The fourth-order valence-corrected chi connectivity index (χ4v) is 5.87. The quantitative estimate of drug-likeness (QED) is 0.326. The van der Waals surface area contributed by atoms with E-state index in [9.17, 15) is 15.4 Å². The topological polar surface area (TPSA) is 117 Å². The highest BCUT2D eigenvalue weighted by atomic mass is 32.2. The lowest BCUT2D eigenvalue weighted by atomic mass is 10.0. The fraction of sp³-hybridized carbons (Fsp3) is 0.370. The van der Waals surface area contributed by atoms with Crippen molar-refractivity contribution in [3.05, 3.63) is 74.5 Å². The first-order chi connectivity index (χ1) is 17.9. The number of rotatable bonds is 7. The van der Waals surface area contributed by atoms with Crippen LogP contribution in [-0.4, -0.2) is 44.7 Å². The summed E-state index contributed by atoms with van der Waals surface area (Å²) < 4.78 is 6.35. The van der Waals surface area contributed by atoms with Gasteiger partial charge in [-0.1, -0.05) is 12.1 Å². The summed E-state index contributed by atoms with van der Waals surface area (Å²) in [5, 5.41) is 23.7. The van der Waals surface area contributed by atoms with Crippen molar-refractivity contribution in [1.82, 2.24) is 14.9 Å². The van der Waals surface area contributed by atoms with Gasteiger partial charge in [0, 0.05) is 50.0 Å². The molecule has 2 aliphatic rings. The van der Waals surface area contributed by atoms with Gasteiger partial charge in [0.1, 0.15) is 5.75 Å². The Morgan fingerprint density at radius 2 is 1.89 bits per heavy atom. The lowest BCUT2D eigenvalue weighted by Gasteiger charge is -2.32. The number of piperidine rings is 1. The van der Waals surface area contributed by atoms with Gasteiger partial charge in [0.25, 0.3) is 5.69 Å². The predicted molar refractivity (Wildman–Crippen MR) is 142 cm³/mol. The number of nitriles is 1. The van der Waals surface area contributed by atoms with E-state index in [0.717, 1.165) is 77.7 Å². The van der Waals surface area contributed by atoms with Crippen molar-refractivity contribution in [3.63, 3.8) is 0 Å². The fourth-order valence-electron chi connectivity index (χ4n) is 4.84. The molecular weight excluding hydrogens is 488 g/mol. The van der Waals surface area contributed by atoms with Crippen LogP contribution >= 0.6 is 11.8 Å². The molecule has 5 rings (SSSR count). The number of nitrogens with zero attached hydrogens (tertiary/aromatic N) is 5. The summed E-state index contributed by atoms with van der Waals surface area (Å²) in [5.41, 5.74) is 4.63. The maximum Gasteiger partial charge on any atom is 0.269 e. The summed E-state index contributed by atoms with van der Waals surface area (Å²) >= 11 is 1.72. The Morgan fingerprint density at radius 1 is 1.19 bits per heavy atom. The second kappa shape index (κ2) is 10.7. The first kappa shape index (κ1) is 25.0. The summed E-state index contributed by atoms with van der Waals surface area (Å²) in [6.45, 7) is 6.51. The lowest BCUT2D eigenvalue weighted by molar-refractivity contribution is -0.384. The standard InChI is InChI=1S/C27H28N6O3S/c1-17-13-20(15-28)14-18(2)24(17)36-26-25-23(9-12-37-25)30-27(31-26)29-21-7-10-32(11-8-21)16-19-3-5-22(6-4-19)33(34)35/h3-6,13-14,21H,7-12,16H2,1-2H3,(H,29,30,31). The Balaban J connectivity index is 1.25. The number of nitro benzene ring substituents is 1. The third-order valence-corrected chi connectivity index (χ3v) is 7.86. The molecule has 0 atom stereocenters. The van der Waals surface area contributed by atoms with Crippen molar-refractivity contribution < 1.29 is 9.66 Å². The Morgan fingerprint density at radius 3 is 2.54 bits per heavy atom. The van der Waals surface area contributed by atoms with E-state index in [-0.39, 0.29) is 16.7 Å². The smallest absolute Gasteiger partial charge is 0.269 e. The molecular formula is C27H28N6O3S. The number of likely N-dealkylation sites (tertiary alicyclic amines) is 1. The number of benzene rings is 2. The number of non-ortho nitro benzene ring substituents is 1. The second-order valence-electron chi connectivity index (χ2n) is 9.50. The SMILES string of the molecule is Cc1cc(C#N)cc(C)c1Oc1nc(NC2CCN(Cc3ccc([N+](=O)[O-])cc3)CC2)nc2c1SCC2. The van der Waals surface area contributed by atoms with Gasteiger partial charge in [-0.25, -0.2) is 4.98 Å². The van der Waals surface area contributed by atoms with Crippen LogP contribution in [0.25, 0.3) is 0 Å². The molecule has 0 saturated carbocycles. The Hall–Kier alpha value is -3.68. The molecule has 10 heteroatoms. The van der Waals surface area contributed by atoms with E-state index in [0.29, 0.717) is 17.4 Å². The predicted octanol–water partition coefficient (Wildman–Crippen LogP) is 5.39. The Bertz CT molecular complexity index is 1340. The third-order valence-electron chi connectivity index (χ3n) is 6.75. The minimum Gasteiger partial charge on any atom is -0.437 e. The summed E-state index contributed by atoms with van der Waals surface area (Å²) in [6, 6.07) is 12.9. The molecule has 3 aromatic rings. The zero-order chi connectivity index (χ0) is 25.9. The van der Waals surface area contributed by atoms with E-state index in [1.807, 2.05) is 38.1 Å². The number of fused-ring (bicyclic) bond motifs is 1. The minimum absolute atomic E-state index is 0.118. The van der Waals surface area contributed by atoms with E-state index < -0.39 is 0 Å². The number of hydrogen-bond acceptors (Lipinski definition) is 9. The van der Waals surface area contributed by atoms with Gasteiger partial charge >= 0.3 is 0 Å². The van der Waals surface area contributed by atoms with E-state index in [1.54, 1.807) is 23.9 Å². The Labute approximate surface area is 220 Å². The van der Waals surface area contributed by atoms with Crippen molar-refractivity contribution in [3.8, 4) is 17.7 Å². The normalized spacial score (nSPS) is 15.7. The average molecular weight is 517 g/mol. The van der Waals surface area contributed by atoms with E-state index in [1.165, 1.54) is 0 Å². The van der Waals surface area contributed by atoms with Crippen molar-refractivity contribution in [2.24, 2.45) is 0 Å². The molecule has 190 valence electrons. The number of ether oxygens (including phenoxy) is 1. The highest BCUT2D eigenvalue weighted by molar-refractivity contribution is 7.99. The molecule has 1 N–H and O–H groups in total. The molecule has 1 aromatic heterocycles. The maximum atomic E-state index is 10.9. The van der Waals surface area contributed by atoms with Crippen LogP contribution in [0.4, 0.5) is 11.6 Å². The van der Waals surface area contributed by atoms with Crippen molar-refractivity contribution in [2.75, 3.05) is 24.2 Å². The molecule has 2 aromatic carbocycles. The third kappa shape index (κ3) is 5.68. The van der Waals surface area contributed by atoms with E-state index >= 15 is 0 Å². The zero-order valence-electron chi connectivity index (χ0n) is 20.9. The Kier molecular flexibility index (Phi) is 7.26. The summed E-state index contributed by atoms with van der Waals surface area (Å²) in [4.78, 5) is 23.4. The molecule has 0 unspecified atom stereocenters. The highest BCUT2D eigenvalue weighted by Crippen LogP contribution is 2.41. The van der Waals surface area contributed by atoms with Crippen LogP contribution in [-0.2, 0) is 13.0 Å². The number of aryl methyl sites for hydroxylation is 3. The van der Waals surface area contributed by atoms with Crippen LogP contribution in [0.1, 0.15) is 40.8 Å². The molecule has 3 heterocycles. The summed E-state index contributed by atoms with van der Waals surface area (Å²) in [5.74, 6) is 2.85. The van der Waals surface area contributed by atoms with Gasteiger partial charge in [-0.2, -0.15) is 10.2 Å². The molecule has 0 bridgehead atoms. The largest absolute Gasteiger partial charge is 0.437 e. The van der Waals surface area contributed by atoms with Crippen LogP contribution in [0.5, 0.6) is 11.6 Å². The number of anilines is 1. The monoisotopic (exact) mass is 516 g/mol. The van der Waals surface area contributed by atoms with Gasteiger partial charge in [-0.05, 0) is 55.5 Å². The number of aromatic nitrogens is 2. The van der Waals surface area contributed by atoms with Crippen LogP contribution in [0.3, 0.4) is 0 Å². The zero-order valence-corrected chi connectivity index (χ0v) is 21.7. The minimum atomic E-state index is -0.371. The van der Waals surface area contributed by atoms with Gasteiger partial charge in [-0.3, -0.25) is 15.0 Å². The second-order valence-corrected chi connectivity index (χ2v) is 10.6. The number of nitro groups is 1.